The Balaban J connectivity index is 1.98. The fraction of sp³-hybridized carbons (Fsp3) is 0.412. The Morgan fingerprint density at radius 3 is 2.92 bits per heavy atom. The first kappa shape index (κ1) is 16.8. The topological polar surface area (TPSA) is 70.2 Å². The van der Waals surface area contributed by atoms with Crippen molar-refractivity contribution in [3.05, 3.63) is 45.7 Å². The molecule has 3 rings (SSSR count). The van der Waals surface area contributed by atoms with Crippen LogP contribution in [0.2, 0.25) is 5.02 Å². The van der Waals surface area contributed by atoms with Crippen LogP contribution < -0.4 is 5.32 Å². The van der Waals surface area contributed by atoms with E-state index in [-0.39, 0.29) is 11.9 Å². The van der Waals surface area contributed by atoms with Crippen LogP contribution in [0, 0.1) is 13.8 Å². The van der Waals surface area contributed by atoms with Crippen LogP contribution in [0.4, 0.5) is 5.69 Å². The first-order chi connectivity index (χ1) is 11.5. The van der Waals surface area contributed by atoms with Crippen molar-refractivity contribution in [2.45, 2.75) is 19.9 Å². The maximum atomic E-state index is 13.1. The highest BCUT2D eigenvalue weighted by Gasteiger charge is 2.33. The molecule has 2 heterocycles. The number of H-pyrrole nitrogens is 1. The number of hydrogen-bond donors (Lipinski definition) is 2. The minimum atomic E-state index is -0.167. The highest BCUT2D eigenvalue weighted by atomic mass is 35.5. The molecule has 1 aromatic carbocycles. The molecule has 1 atom stereocenters. The molecule has 1 amide bonds. The lowest BCUT2D eigenvalue weighted by atomic mass is 10.0. The first-order valence-electron chi connectivity index (χ1n) is 7.90. The zero-order valence-corrected chi connectivity index (χ0v) is 14.8. The number of anilines is 1. The van der Waals surface area contributed by atoms with Gasteiger partial charge in [0.2, 0.25) is 0 Å². The van der Waals surface area contributed by atoms with E-state index < -0.39 is 0 Å². The predicted octanol–water partition coefficient (Wildman–Crippen LogP) is 2.94. The number of carbonyl (C=O) groups excluding carboxylic acids is 1. The van der Waals surface area contributed by atoms with Gasteiger partial charge in [-0.2, -0.15) is 5.10 Å². The Kier molecular flexibility index (Phi) is 4.78. The Morgan fingerprint density at radius 1 is 1.46 bits per heavy atom. The Labute approximate surface area is 146 Å². The number of aromatic nitrogens is 2. The maximum Gasteiger partial charge on any atom is 0.256 e. The predicted molar refractivity (Wildman–Crippen MR) is 93.7 cm³/mol. The van der Waals surface area contributed by atoms with E-state index in [1.807, 2.05) is 31.9 Å². The summed E-state index contributed by atoms with van der Waals surface area (Å²) in [6, 6.07) is 5.20. The molecule has 128 valence electrons. The number of hydrogen-bond acceptors (Lipinski definition) is 4. The molecule has 6 nitrogen and oxygen atoms in total. The molecule has 1 aromatic heterocycles. The van der Waals surface area contributed by atoms with Crippen molar-refractivity contribution in [1.29, 1.82) is 0 Å². The molecule has 1 aliphatic rings. The normalized spacial score (nSPS) is 17.8. The minimum absolute atomic E-state index is 0.0922. The van der Waals surface area contributed by atoms with Gasteiger partial charge in [-0.15, -0.1) is 0 Å². The molecule has 0 radical (unpaired) electrons. The number of nitrogens with one attached hydrogen (secondary N) is 2. The summed E-state index contributed by atoms with van der Waals surface area (Å²) >= 11 is 6.28. The van der Waals surface area contributed by atoms with Gasteiger partial charge in [-0.05, 0) is 32.0 Å². The molecule has 1 aliphatic heterocycles. The summed E-state index contributed by atoms with van der Waals surface area (Å²) in [6.45, 7) is 5.39. The van der Waals surface area contributed by atoms with Crippen molar-refractivity contribution in [1.82, 2.24) is 15.1 Å². The van der Waals surface area contributed by atoms with Gasteiger partial charge >= 0.3 is 0 Å². The molecule has 0 spiro atoms. The average Bonchev–Trinajstić information content (AvgIpc) is 2.93. The van der Waals surface area contributed by atoms with Crippen LogP contribution in [0.25, 0.3) is 0 Å². The first-order valence-corrected chi connectivity index (χ1v) is 8.28. The summed E-state index contributed by atoms with van der Waals surface area (Å²) in [5, 5.41) is 10.7. The van der Waals surface area contributed by atoms with Gasteiger partial charge in [0.15, 0.2) is 0 Å². The Morgan fingerprint density at radius 2 is 2.25 bits per heavy atom. The third-order valence-corrected chi connectivity index (χ3v) is 4.72. The van der Waals surface area contributed by atoms with Crippen molar-refractivity contribution in [2.75, 3.05) is 32.1 Å². The fourth-order valence-electron chi connectivity index (χ4n) is 3.14. The number of rotatable bonds is 3. The zero-order valence-electron chi connectivity index (χ0n) is 14.0. The van der Waals surface area contributed by atoms with Gasteiger partial charge in [-0.3, -0.25) is 9.89 Å². The van der Waals surface area contributed by atoms with E-state index in [1.165, 1.54) is 0 Å². The summed E-state index contributed by atoms with van der Waals surface area (Å²) in [7, 11) is 1.81. The third kappa shape index (κ3) is 2.99. The van der Waals surface area contributed by atoms with Gasteiger partial charge in [0, 0.05) is 30.5 Å². The monoisotopic (exact) mass is 348 g/mol. The van der Waals surface area contributed by atoms with Crippen LogP contribution in [0.15, 0.2) is 18.2 Å². The number of morpholine rings is 1. The van der Waals surface area contributed by atoms with Crippen molar-refractivity contribution < 1.29 is 9.53 Å². The molecular weight excluding hydrogens is 328 g/mol. The van der Waals surface area contributed by atoms with Crippen LogP contribution in [0.5, 0.6) is 0 Å². The average molecular weight is 349 g/mol. The number of amides is 1. The number of aromatic amines is 1. The number of nitrogens with zero attached hydrogens (tertiary/aromatic N) is 2. The number of benzene rings is 1. The van der Waals surface area contributed by atoms with Crippen LogP contribution in [0.3, 0.4) is 0 Å². The molecule has 2 aromatic rings. The van der Waals surface area contributed by atoms with Crippen molar-refractivity contribution in [3.8, 4) is 0 Å². The van der Waals surface area contributed by atoms with Crippen LogP contribution >= 0.6 is 11.6 Å². The molecule has 1 fully saturated rings. The summed E-state index contributed by atoms with van der Waals surface area (Å²) in [6.07, 6.45) is 0. The number of halogens is 1. The van der Waals surface area contributed by atoms with Crippen molar-refractivity contribution in [2.24, 2.45) is 0 Å². The van der Waals surface area contributed by atoms with E-state index in [9.17, 15) is 4.79 Å². The van der Waals surface area contributed by atoms with Crippen LogP contribution in [0.1, 0.15) is 33.4 Å². The lowest BCUT2D eigenvalue weighted by Gasteiger charge is -2.36. The molecule has 1 saturated heterocycles. The zero-order chi connectivity index (χ0) is 17.3. The molecule has 0 bridgehead atoms. The smallest absolute Gasteiger partial charge is 0.256 e. The summed E-state index contributed by atoms with van der Waals surface area (Å²) in [5.74, 6) is -0.0922. The summed E-state index contributed by atoms with van der Waals surface area (Å²) in [4.78, 5) is 15.0. The molecule has 0 aliphatic carbocycles. The summed E-state index contributed by atoms with van der Waals surface area (Å²) in [5.41, 5.74) is 4.20. The van der Waals surface area contributed by atoms with Gasteiger partial charge < -0.3 is 15.0 Å². The SMILES string of the molecule is CNc1ccc(Cl)c(C(=O)N2CCOCC2c2c(C)n[nH]c2C)c1. The second-order valence-corrected chi connectivity index (χ2v) is 6.29. The molecule has 2 N–H and O–H groups in total. The lowest BCUT2D eigenvalue weighted by molar-refractivity contribution is -0.00300. The van der Waals surface area contributed by atoms with E-state index in [0.29, 0.717) is 30.3 Å². The maximum absolute atomic E-state index is 13.1. The third-order valence-electron chi connectivity index (χ3n) is 4.39. The highest BCUT2D eigenvalue weighted by Crippen LogP contribution is 2.31. The fourth-order valence-corrected chi connectivity index (χ4v) is 3.33. The number of ether oxygens (including phenoxy) is 1. The lowest BCUT2D eigenvalue weighted by Crippen LogP contribution is -2.43. The van der Waals surface area contributed by atoms with Gasteiger partial charge in [0.05, 0.1) is 35.5 Å². The van der Waals surface area contributed by atoms with E-state index in [4.69, 9.17) is 16.3 Å². The molecule has 24 heavy (non-hydrogen) atoms. The van der Waals surface area contributed by atoms with Crippen molar-refractivity contribution >= 4 is 23.2 Å². The van der Waals surface area contributed by atoms with E-state index in [0.717, 1.165) is 22.6 Å². The largest absolute Gasteiger partial charge is 0.388 e. The van der Waals surface area contributed by atoms with E-state index in [1.54, 1.807) is 12.1 Å². The minimum Gasteiger partial charge on any atom is -0.388 e. The summed E-state index contributed by atoms with van der Waals surface area (Å²) < 4.78 is 5.63. The van der Waals surface area contributed by atoms with Crippen molar-refractivity contribution in [3.63, 3.8) is 0 Å². The number of aryl methyl sites for hydroxylation is 2. The molecule has 7 heteroatoms. The number of carbonyl (C=O) groups is 1. The Hall–Kier alpha value is -2.05. The Bertz CT molecular complexity index is 740. The van der Waals surface area contributed by atoms with Gasteiger partial charge in [0.25, 0.3) is 5.91 Å². The highest BCUT2D eigenvalue weighted by molar-refractivity contribution is 6.34. The standard InChI is InChI=1S/C17H21ClN4O2/c1-10-16(11(2)21-20-10)15-9-24-7-6-22(15)17(23)13-8-12(19-3)4-5-14(13)18/h4-5,8,15,19H,6-7,9H2,1-3H3,(H,20,21). The van der Waals surface area contributed by atoms with Gasteiger partial charge in [-0.1, -0.05) is 11.6 Å². The van der Waals surface area contributed by atoms with Gasteiger partial charge in [-0.25, -0.2) is 0 Å². The molecule has 0 saturated carbocycles. The van der Waals surface area contributed by atoms with Crippen LogP contribution in [-0.4, -0.2) is 47.8 Å². The quantitative estimate of drug-likeness (QED) is 0.894. The second-order valence-electron chi connectivity index (χ2n) is 5.88. The van der Waals surface area contributed by atoms with E-state index >= 15 is 0 Å². The van der Waals surface area contributed by atoms with Gasteiger partial charge in [0.1, 0.15) is 0 Å². The van der Waals surface area contributed by atoms with Crippen LogP contribution in [-0.2, 0) is 4.74 Å². The van der Waals surface area contributed by atoms with E-state index in [2.05, 4.69) is 15.5 Å². The molecular formula is C17H21ClN4O2. The second kappa shape index (κ2) is 6.83. The molecule has 1 unspecified atom stereocenters.